The van der Waals surface area contributed by atoms with E-state index >= 15 is 0 Å². The van der Waals surface area contributed by atoms with Gasteiger partial charge < -0.3 is 25.0 Å². The van der Waals surface area contributed by atoms with Crippen LogP contribution in [0.3, 0.4) is 0 Å². The summed E-state index contributed by atoms with van der Waals surface area (Å²) in [5.41, 5.74) is 6.26. The number of amides is 1. The largest absolute Gasteiger partial charge is 0.392 e. The molecule has 2 fully saturated rings. The maximum Gasteiger partial charge on any atom is 0.241 e. The van der Waals surface area contributed by atoms with Crippen molar-refractivity contribution in [3.63, 3.8) is 0 Å². The summed E-state index contributed by atoms with van der Waals surface area (Å²) in [6.45, 7) is 3.99. The van der Waals surface area contributed by atoms with E-state index in [4.69, 9.17) is 9.47 Å². The molecule has 0 aromatic heterocycles. The monoisotopic (exact) mass is 775 g/mol. The summed E-state index contributed by atoms with van der Waals surface area (Å²) in [4.78, 5) is 16.0. The van der Waals surface area contributed by atoms with Gasteiger partial charge >= 0.3 is 0 Å². The molecule has 0 bridgehead atoms. The van der Waals surface area contributed by atoms with Crippen LogP contribution < -0.4 is 10.0 Å². The van der Waals surface area contributed by atoms with Crippen molar-refractivity contribution >= 4 is 15.9 Å². The second kappa shape index (κ2) is 18.0. The molecule has 1 amide bonds. The predicted octanol–water partition coefficient (Wildman–Crippen LogP) is 5.70. The molecule has 5 aromatic carbocycles. The van der Waals surface area contributed by atoms with Crippen molar-refractivity contribution in [3.8, 4) is 0 Å². The lowest BCUT2D eigenvalue weighted by Crippen LogP contribution is -2.47. The molecule has 0 saturated carbocycles. The van der Waals surface area contributed by atoms with Crippen LogP contribution in [0.15, 0.2) is 138 Å². The Bertz CT molecular complexity index is 2140. The number of ether oxygens (including phenoxy) is 2. The molecule has 0 aliphatic carbocycles. The number of aliphatic hydroxyl groups is 2. The van der Waals surface area contributed by atoms with Crippen molar-refractivity contribution in [1.29, 1.82) is 0 Å². The van der Waals surface area contributed by atoms with Crippen molar-refractivity contribution < 1.29 is 32.9 Å². The third kappa shape index (κ3) is 9.80. The third-order valence-corrected chi connectivity index (χ3v) is 12.1. The number of nitrogens with one attached hydrogen (secondary N) is 2. The van der Waals surface area contributed by atoms with Gasteiger partial charge in [0.15, 0.2) is 6.29 Å². The Kier molecular flexibility index (Phi) is 12.7. The van der Waals surface area contributed by atoms with Gasteiger partial charge in [-0.15, -0.1) is 0 Å². The second-order valence-corrected chi connectivity index (χ2v) is 16.5. The number of likely N-dealkylation sites (tertiary alicyclic amines) is 1. The minimum absolute atomic E-state index is 0.0525. The highest BCUT2D eigenvalue weighted by atomic mass is 32.2. The van der Waals surface area contributed by atoms with Gasteiger partial charge in [-0.1, -0.05) is 127 Å². The molecular formula is C45H49N3O7S. The zero-order valence-electron chi connectivity index (χ0n) is 31.4. The number of hydrogen-bond acceptors (Lipinski definition) is 8. The van der Waals surface area contributed by atoms with Gasteiger partial charge in [-0.3, -0.25) is 9.69 Å². The number of aryl methyl sites for hydroxylation is 1. The number of sulfonamides is 1. The van der Waals surface area contributed by atoms with Crippen LogP contribution >= 0.6 is 0 Å². The van der Waals surface area contributed by atoms with Gasteiger partial charge in [0.05, 0.1) is 29.8 Å². The fourth-order valence-electron chi connectivity index (χ4n) is 7.51. The molecule has 56 heavy (non-hydrogen) atoms. The normalized spacial score (nSPS) is 22.1. The molecular weight excluding hydrogens is 727 g/mol. The molecule has 10 nitrogen and oxygen atoms in total. The molecule has 2 aliphatic rings. The van der Waals surface area contributed by atoms with Crippen molar-refractivity contribution in [3.05, 3.63) is 172 Å². The summed E-state index contributed by atoms with van der Waals surface area (Å²) >= 11 is 0. The predicted molar refractivity (Wildman–Crippen MR) is 214 cm³/mol. The fraction of sp³-hybridized carbons (Fsp3) is 0.311. The first-order valence-corrected chi connectivity index (χ1v) is 20.6. The van der Waals surface area contributed by atoms with Crippen LogP contribution in [0.5, 0.6) is 0 Å². The van der Waals surface area contributed by atoms with E-state index in [2.05, 4.69) is 27.1 Å². The van der Waals surface area contributed by atoms with E-state index in [0.717, 1.165) is 51.9 Å². The molecule has 6 atom stereocenters. The summed E-state index contributed by atoms with van der Waals surface area (Å²) in [5.74, 6) is -0.587. The van der Waals surface area contributed by atoms with Crippen LogP contribution in [0.1, 0.15) is 63.7 Å². The zero-order valence-corrected chi connectivity index (χ0v) is 32.2. The zero-order chi connectivity index (χ0) is 39.1. The molecule has 0 radical (unpaired) electrons. The molecule has 292 valence electrons. The lowest BCUT2D eigenvalue weighted by molar-refractivity contribution is -0.263. The van der Waals surface area contributed by atoms with Gasteiger partial charge in [0, 0.05) is 37.7 Å². The minimum Gasteiger partial charge on any atom is -0.392 e. The van der Waals surface area contributed by atoms with Crippen molar-refractivity contribution in [2.75, 3.05) is 19.6 Å². The number of β-amino-alcohol motifs (C(OH)–C–C–N with tert-alkyl or cyclic N) is 1. The molecule has 6 unspecified atom stereocenters. The third-order valence-electron chi connectivity index (χ3n) is 10.6. The lowest BCUT2D eigenvalue weighted by Gasteiger charge is -2.44. The van der Waals surface area contributed by atoms with E-state index in [-0.39, 0.29) is 48.7 Å². The number of benzene rings is 5. The van der Waals surface area contributed by atoms with Crippen molar-refractivity contribution in [2.45, 2.75) is 74.4 Å². The van der Waals surface area contributed by atoms with Gasteiger partial charge in [-0.2, -0.15) is 4.72 Å². The minimum atomic E-state index is -3.97. The van der Waals surface area contributed by atoms with E-state index in [9.17, 15) is 23.4 Å². The van der Waals surface area contributed by atoms with Crippen LogP contribution in [-0.4, -0.2) is 67.3 Å². The Morgan fingerprint density at radius 2 is 1.43 bits per heavy atom. The Morgan fingerprint density at radius 1 is 0.786 bits per heavy atom. The number of hydrogen-bond donors (Lipinski definition) is 4. The maximum atomic E-state index is 13.6. The van der Waals surface area contributed by atoms with E-state index in [1.165, 1.54) is 12.1 Å². The first-order valence-electron chi connectivity index (χ1n) is 19.1. The topological polar surface area (TPSA) is 137 Å². The number of nitrogens with zero attached hydrogens (tertiary/aromatic N) is 1. The molecule has 2 aliphatic heterocycles. The molecule has 2 saturated heterocycles. The SMILES string of the molecule is Cc1ccc(S(=O)(=O)NC(Cc2ccccc2)C(=O)NCc2ccc(C3OC(CN4CCC(O)C4)C(c4ccccc4)C(c4ccc(CO)cc4)O3)cc2)cc1. The quantitative estimate of drug-likeness (QED) is 0.113. The van der Waals surface area contributed by atoms with Gasteiger partial charge in [-0.05, 0) is 59.7 Å². The average Bonchev–Trinajstić information content (AvgIpc) is 3.64. The van der Waals surface area contributed by atoms with E-state index in [1.54, 1.807) is 12.1 Å². The second-order valence-electron chi connectivity index (χ2n) is 14.7. The van der Waals surface area contributed by atoms with E-state index in [0.29, 0.717) is 13.1 Å². The first kappa shape index (κ1) is 39.5. The summed E-state index contributed by atoms with van der Waals surface area (Å²) in [5, 5.41) is 23.0. The van der Waals surface area contributed by atoms with Gasteiger partial charge in [0.25, 0.3) is 0 Å². The van der Waals surface area contributed by atoms with Crippen LogP contribution in [0, 0.1) is 6.92 Å². The maximum absolute atomic E-state index is 13.6. The molecule has 5 aromatic rings. The summed E-state index contributed by atoms with van der Waals surface area (Å²) in [7, 11) is -3.97. The molecule has 4 N–H and O–H groups in total. The van der Waals surface area contributed by atoms with Crippen molar-refractivity contribution in [2.24, 2.45) is 0 Å². The van der Waals surface area contributed by atoms with Crippen LogP contribution in [0.2, 0.25) is 0 Å². The highest BCUT2D eigenvalue weighted by Gasteiger charge is 2.43. The number of carbonyl (C=O) groups is 1. The highest BCUT2D eigenvalue weighted by Crippen LogP contribution is 2.47. The van der Waals surface area contributed by atoms with E-state index < -0.39 is 28.3 Å². The Hall–Kier alpha value is -4.72. The van der Waals surface area contributed by atoms with Crippen LogP contribution in [0.25, 0.3) is 0 Å². The Balaban J connectivity index is 1.09. The smallest absolute Gasteiger partial charge is 0.241 e. The summed E-state index contributed by atoms with van der Waals surface area (Å²) < 4.78 is 43.0. The lowest BCUT2D eigenvalue weighted by atomic mass is 9.83. The fourth-order valence-corrected chi connectivity index (χ4v) is 8.71. The van der Waals surface area contributed by atoms with E-state index in [1.807, 2.05) is 104 Å². The molecule has 2 heterocycles. The average molecular weight is 776 g/mol. The number of aliphatic hydroxyl groups excluding tert-OH is 2. The Labute approximate surface area is 329 Å². The molecule has 0 spiro atoms. The number of carbonyl (C=O) groups excluding carboxylic acids is 1. The molecule has 11 heteroatoms. The Morgan fingerprint density at radius 3 is 2.07 bits per heavy atom. The standard InChI is InChI=1S/C45H49N3O7S/c1-31-12-22-39(23-13-31)56(52,53)47-40(26-32-8-4-2-5-9-32)44(51)46-27-33-14-20-37(21-15-33)45-54-41(29-48-25-24-38(50)28-48)42(35-10-6-3-7-11-35)43(55-45)36-18-16-34(30-49)17-19-36/h2-23,38,40-43,45,47,49-50H,24-30H2,1H3,(H,46,51). The first-order chi connectivity index (χ1) is 27.1. The van der Waals surface area contributed by atoms with Gasteiger partial charge in [0.1, 0.15) is 6.04 Å². The van der Waals surface area contributed by atoms with Crippen LogP contribution in [-0.2, 0) is 43.9 Å². The summed E-state index contributed by atoms with van der Waals surface area (Å²) in [6.07, 6.45) is -0.807. The van der Waals surface area contributed by atoms with Crippen LogP contribution in [0.4, 0.5) is 0 Å². The molecule has 7 rings (SSSR count). The summed E-state index contributed by atoms with van der Waals surface area (Å²) in [6, 6.07) is 40.5. The van der Waals surface area contributed by atoms with Gasteiger partial charge in [-0.25, -0.2) is 8.42 Å². The van der Waals surface area contributed by atoms with Crippen molar-refractivity contribution in [1.82, 2.24) is 14.9 Å². The number of rotatable bonds is 14. The van der Waals surface area contributed by atoms with Gasteiger partial charge in [0.2, 0.25) is 15.9 Å². The highest BCUT2D eigenvalue weighted by molar-refractivity contribution is 7.89.